The average Bonchev–Trinajstić information content (AvgIpc) is 3.17. The summed E-state index contributed by atoms with van der Waals surface area (Å²) in [5.74, 6) is 0.528. The van der Waals surface area contributed by atoms with E-state index in [4.69, 9.17) is 16.6 Å². The number of rotatable bonds is 2. The van der Waals surface area contributed by atoms with Crippen LogP contribution in [0.25, 0.3) is 17.0 Å². The van der Waals surface area contributed by atoms with Gasteiger partial charge in [-0.15, -0.1) is 0 Å². The van der Waals surface area contributed by atoms with Crippen molar-refractivity contribution in [1.82, 2.24) is 4.90 Å². The largest absolute Gasteiger partial charge is 0.463 e. The molecule has 1 amide bonds. The number of carbonyl (C=O) groups excluding carboxylic acids is 1. The van der Waals surface area contributed by atoms with E-state index >= 15 is 0 Å². The average molecular weight is 504 g/mol. The predicted octanol–water partition coefficient (Wildman–Crippen LogP) is 5.97. The lowest BCUT2D eigenvalue weighted by Crippen LogP contribution is -2.49. The Bertz CT molecular complexity index is 1200. The second-order valence-electron chi connectivity index (χ2n) is 9.34. The molecule has 1 saturated heterocycles. The molecule has 1 aromatic carbocycles. The van der Waals surface area contributed by atoms with Crippen LogP contribution in [-0.2, 0) is 4.79 Å². The molecular weight excluding hydrogens is 482 g/mol. The number of hydrogen-bond donors (Lipinski definition) is 0. The Labute approximate surface area is 193 Å². The smallest absolute Gasteiger partial charge is 0.266 e. The fourth-order valence-corrected chi connectivity index (χ4v) is 7.37. The highest BCUT2D eigenvalue weighted by Gasteiger charge is 2.64. The highest BCUT2D eigenvalue weighted by Crippen LogP contribution is 2.67. The Morgan fingerprint density at radius 1 is 1.30 bits per heavy atom. The zero-order valence-corrected chi connectivity index (χ0v) is 20.2. The van der Waals surface area contributed by atoms with Crippen molar-refractivity contribution in [1.29, 1.82) is 0 Å². The van der Waals surface area contributed by atoms with E-state index in [2.05, 4.69) is 36.7 Å². The van der Waals surface area contributed by atoms with Gasteiger partial charge < -0.3 is 4.42 Å². The summed E-state index contributed by atoms with van der Waals surface area (Å²) in [5, 5.41) is 0.482. The number of nitrogens with zero attached hydrogens (tertiary/aromatic N) is 1. The number of halogens is 1. The minimum absolute atomic E-state index is 0.0572. The lowest BCUT2D eigenvalue weighted by atomic mass is 9.69. The third-order valence-corrected chi connectivity index (χ3v) is 9.75. The number of carbonyl (C=O) groups is 1. The number of benzene rings is 1. The van der Waals surface area contributed by atoms with E-state index in [0.717, 1.165) is 17.3 Å². The summed E-state index contributed by atoms with van der Waals surface area (Å²) < 4.78 is 7.02. The summed E-state index contributed by atoms with van der Waals surface area (Å²) in [6, 6.07) is 5.44. The van der Waals surface area contributed by atoms with Crippen LogP contribution in [0.5, 0.6) is 0 Å². The molecule has 3 atom stereocenters. The van der Waals surface area contributed by atoms with Gasteiger partial charge in [-0.25, -0.2) is 0 Å². The van der Waals surface area contributed by atoms with Gasteiger partial charge in [0.25, 0.3) is 5.91 Å². The molecule has 2 aliphatic carbocycles. The van der Waals surface area contributed by atoms with Gasteiger partial charge in [-0.1, -0.05) is 60.7 Å². The van der Waals surface area contributed by atoms with Crippen molar-refractivity contribution in [2.45, 2.75) is 46.1 Å². The predicted molar refractivity (Wildman–Crippen MR) is 128 cm³/mol. The molecule has 2 aromatic rings. The number of fused-ring (bicyclic) bond motifs is 3. The van der Waals surface area contributed by atoms with Crippen LogP contribution in [0.3, 0.4) is 0 Å². The van der Waals surface area contributed by atoms with Crippen LogP contribution in [0.4, 0.5) is 0 Å². The van der Waals surface area contributed by atoms with Crippen molar-refractivity contribution in [2.75, 3.05) is 0 Å². The van der Waals surface area contributed by atoms with E-state index in [9.17, 15) is 9.59 Å². The Balaban J connectivity index is 1.51. The molecule has 30 heavy (non-hydrogen) atoms. The molecule has 4 nitrogen and oxygen atoms in total. The Morgan fingerprint density at radius 3 is 2.73 bits per heavy atom. The van der Waals surface area contributed by atoms with E-state index in [1.54, 1.807) is 18.2 Å². The first-order valence-electron chi connectivity index (χ1n) is 10.1. The maximum atomic E-state index is 13.4. The van der Waals surface area contributed by atoms with Crippen LogP contribution in [0.1, 0.15) is 45.6 Å². The minimum Gasteiger partial charge on any atom is -0.463 e. The molecule has 156 valence electrons. The fourth-order valence-electron chi connectivity index (χ4n) is 5.66. The van der Waals surface area contributed by atoms with Crippen molar-refractivity contribution in [3.05, 3.63) is 49.6 Å². The molecule has 1 aliphatic heterocycles. The van der Waals surface area contributed by atoms with Crippen LogP contribution >= 0.6 is 39.9 Å². The first-order valence-corrected chi connectivity index (χ1v) is 12.1. The summed E-state index contributed by atoms with van der Waals surface area (Å²) in [4.78, 5) is 28.6. The van der Waals surface area contributed by atoms with Crippen LogP contribution in [0.15, 0.2) is 43.1 Å². The number of thioether (sulfide) groups is 1. The Hall–Kier alpha value is -1.44. The molecular formula is C23H22BrNO3S2. The first-order chi connectivity index (χ1) is 14.1. The zero-order valence-electron chi connectivity index (χ0n) is 17.0. The molecule has 0 radical (unpaired) electrons. The normalized spacial score (nSPS) is 31.5. The van der Waals surface area contributed by atoms with E-state index in [0.29, 0.717) is 31.7 Å². The van der Waals surface area contributed by atoms with Crippen molar-refractivity contribution < 1.29 is 9.21 Å². The molecule has 2 saturated carbocycles. The van der Waals surface area contributed by atoms with E-state index in [1.165, 1.54) is 24.4 Å². The zero-order chi connectivity index (χ0) is 21.4. The third-order valence-electron chi connectivity index (χ3n) is 7.93. The molecule has 2 heterocycles. The van der Waals surface area contributed by atoms with Gasteiger partial charge in [0.15, 0.2) is 5.43 Å². The third kappa shape index (κ3) is 2.74. The maximum Gasteiger partial charge on any atom is 0.266 e. The molecule has 3 unspecified atom stereocenters. The van der Waals surface area contributed by atoms with Crippen LogP contribution in [0, 0.1) is 16.7 Å². The SMILES string of the molecule is CC1(C)C2CCC1(C)C(N1C(=O)/C(=C\c3coc4ccc(Br)cc4c3=O)SC1=S)C2. The van der Waals surface area contributed by atoms with Gasteiger partial charge in [0.2, 0.25) is 0 Å². The molecule has 0 spiro atoms. The van der Waals surface area contributed by atoms with Gasteiger partial charge in [-0.05, 0) is 60.3 Å². The standard InChI is InChI=1S/C23H22BrNO3S2/c1-22(2)13-6-7-23(22,3)18(9-13)25-20(27)17(30-21(25)29)8-12-11-28-16-5-4-14(24)10-15(16)19(12)26/h4-5,8,10-11,13,18H,6-7,9H2,1-3H3/b17-8+. The highest BCUT2D eigenvalue weighted by molar-refractivity contribution is 9.10. The molecule has 3 aliphatic rings. The first kappa shape index (κ1) is 20.5. The van der Waals surface area contributed by atoms with Crippen molar-refractivity contribution in [3.63, 3.8) is 0 Å². The molecule has 7 heteroatoms. The molecule has 1 aromatic heterocycles. The van der Waals surface area contributed by atoms with E-state index < -0.39 is 0 Å². The number of hydrogen-bond acceptors (Lipinski definition) is 5. The molecule has 3 fully saturated rings. The van der Waals surface area contributed by atoms with Gasteiger partial charge in [-0.3, -0.25) is 14.5 Å². The topological polar surface area (TPSA) is 50.5 Å². The second-order valence-corrected chi connectivity index (χ2v) is 11.9. The fraction of sp³-hybridized carbons (Fsp3) is 0.435. The van der Waals surface area contributed by atoms with Gasteiger partial charge in [-0.2, -0.15) is 0 Å². The van der Waals surface area contributed by atoms with Crippen molar-refractivity contribution >= 4 is 67.2 Å². The van der Waals surface area contributed by atoms with Crippen LogP contribution in [0.2, 0.25) is 0 Å². The number of thiocarbonyl (C=S) groups is 1. The Kier molecular flexibility index (Phi) is 4.62. The summed E-state index contributed by atoms with van der Waals surface area (Å²) in [5.41, 5.74) is 0.973. The lowest BCUT2D eigenvalue weighted by molar-refractivity contribution is -0.125. The monoisotopic (exact) mass is 503 g/mol. The van der Waals surface area contributed by atoms with Gasteiger partial charge in [0.1, 0.15) is 16.2 Å². The summed E-state index contributed by atoms with van der Waals surface area (Å²) >= 11 is 10.3. The quantitative estimate of drug-likeness (QED) is 0.373. The van der Waals surface area contributed by atoms with Gasteiger partial charge >= 0.3 is 0 Å². The Morgan fingerprint density at radius 2 is 2.07 bits per heavy atom. The lowest BCUT2D eigenvalue weighted by Gasteiger charge is -2.42. The van der Waals surface area contributed by atoms with Crippen LogP contribution < -0.4 is 5.43 Å². The van der Waals surface area contributed by atoms with Crippen molar-refractivity contribution in [2.24, 2.45) is 16.7 Å². The molecule has 2 bridgehead atoms. The molecule has 0 N–H and O–H groups in total. The van der Waals surface area contributed by atoms with E-state index in [-0.39, 0.29) is 28.2 Å². The minimum atomic E-state index is -0.157. The summed E-state index contributed by atoms with van der Waals surface area (Å²) in [6.45, 7) is 6.97. The second kappa shape index (κ2) is 6.78. The highest BCUT2D eigenvalue weighted by atomic mass is 79.9. The van der Waals surface area contributed by atoms with Crippen molar-refractivity contribution in [3.8, 4) is 0 Å². The van der Waals surface area contributed by atoms with Gasteiger partial charge in [0.05, 0.1) is 15.9 Å². The number of amides is 1. The van der Waals surface area contributed by atoms with Gasteiger partial charge in [0, 0.05) is 10.5 Å². The summed E-state index contributed by atoms with van der Waals surface area (Å²) in [6.07, 6.45) is 6.39. The summed E-state index contributed by atoms with van der Waals surface area (Å²) in [7, 11) is 0. The maximum absolute atomic E-state index is 13.4. The van der Waals surface area contributed by atoms with E-state index in [1.807, 2.05) is 11.0 Å². The van der Waals surface area contributed by atoms with Crippen LogP contribution in [-0.4, -0.2) is 21.2 Å². The molecule has 5 rings (SSSR count).